The molecule has 0 fully saturated rings. The quantitative estimate of drug-likeness (QED) is 0.759. The van der Waals surface area contributed by atoms with E-state index in [1.807, 2.05) is 35.1 Å². The summed E-state index contributed by atoms with van der Waals surface area (Å²) in [6.07, 6.45) is 1.94. The molecule has 2 rings (SSSR count). The molecule has 0 aliphatic rings. The maximum Gasteiger partial charge on any atom is 0.113 e. The van der Waals surface area contributed by atoms with Crippen molar-refractivity contribution in [2.75, 3.05) is 5.73 Å². The highest BCUT2D eigenvalue weighted by Crippen LogP contribution is 2.18. The molecule has 0 spiro atoms. The monoisotopic (exact) mass is 202 g/mol. The van der Waals surface area contributed by atoms with E-state index < -0.39 is 0 Å². The molecule has 0 amide bonds. The van der Waals surface area contributed by atoms with Crippen LogP contribution in [0.2, 0.25) is 0 Å². The molecule has 0 radical (unpaired) electrons. The molecule has 0 saturated heterocycles. The molecule has 0 aliphatic carbocycles. The van der Waals surface area contributed by atoms with E-state index in [0.717, 1.165) is 16.9 Å². The van der Waals surface area contributed by atoms with Crippen molar-refractivity contribution in [2.24, 2.45) is 0 Å². The highest BCUT2D eigenvalue weighted by Gasteiger charge is 2.05. The molecule has 4 nitrogen and oxygen atoms in total. The van der Waals surface area contributed by atoms with Crippen LogP contribution in [0.1, 0.15) is 19.9 Å². The lowest BCUT2D eigenvalue weighted by Gasteiger charge is -2.01. The van der Waals surface area contributed by atoms with Crippen LogP contribution in [0.15, 0.2) is 30.5 Å². The van der Waals surface area contributed by atoms with E-state index in [4.69, 9.17) is 5.73 Å². The maximum atomic E-state index is 5.62. The van der Waals surface area contributed by atoms with Crippen molar-refractivity contribution >= 4 is 5.69 Å². The molecule has 0 atom stereocenters. The average Bonchev–Trinajstić information content (AvgIpc) is 2.68. The summed E-state index contributed by atoms with van der Waals surface area (Å²) < 4.78 is 1.84. The Morgan fingerprint density at radius 1 is 1.20 bits per heavy atom. The number of anilines is 1. The first kappa shape index (κ1) is 9.71. The predicted molar refractivity (Wildman–Crippen MR) is 60.3 cm³/mol. The molecule has 2 N–H and O–H groups in total. The lowest BCUT2D eigenvalue weighted by atomic mass is 10.1. The molecule has 2 aromatic rings. The van der Waals surface area contributed by atoms with Gasteiger partial charge in [0.25, 0.3) is 0 Å². The lowest BCUT2D eigenvalue weighted by molar-refractivity contribution is 0.514. The van der Waals surface area contributed by atoms with E-state index in [-0.39, 0.29) is 0 Å². The number of rotatable bonds is 2. The van der Waals surface area contributed by atoms with Crippen LogP contribution in [0.3, 0.4) is 0 Å². The molecule has 1 heterocycles. The van der Waals surface area contributed by atoms with Crippen LogP contribution in [-0.2, 0) is 0 Å². The van der Waals surface area contributed by atoms with Gasteiger partial charge < -0.3 is 5.73 Å². The van der Waals surface area contributed by atoms with Gasteiger partial charge in [-0.1, -0.05) is 17.3 Å². The van der Waals surface area contributed by atoms with E-state index in [1.54, 1.807) is 0 Å². The Balaban J connectivity index is 2.33. The van der Waals surface area contributed by atoms with Gasteiger partial charge in [0, 0.05) is 17.3 Å². The molecule has 1 aromatic carbocycles. The standard InChI is InChI=1S/C11H14N4/c1-8(2)15-7-11(13-14-15)9-3-5-10(12)6-4-9/h3-8H,12H2,1-2H3. The van der Waals surface area contributed by atoms with Gasteiger partial charge in [0.1, 0.15) is 5.69 Å². The molecule has 4 heteroatoms. The van der Waals surface area contributed by atoms with Crippen molar-refractivity contribution < 1.29 is 0 Å². The number of benzene rings is 1. The van der Waals surface area contributed by atoms with Crippen LogP contribution < -0.4 is 5.73 Å². The third kappa shape index (κ3) is 1.98. The smallest absolute Gasteiger partial charge is 0.113 e. The van der Waals surface area contributed by atoms with Crippen LogP contribution in [-0.4, -0.2) is 15.0 Å². The van der Waals surface area contributed by atoms with E-state index in [0.29, 0.717) is 6.04 Å². The summed E-state index contributed by atoms with van der Waals surface area (Å²) in [6, 6.07) is 7.96. The minimum absolute atomic E-state index is 0.333. The van der Waals surface area contributed by atoms with Crippen LogP contribution in [0, 0.1) is 0 Å². The third-order valence-corrected chi connectivity index (χ3v) is 2.25. The first-order valence-corrected chi connectivity index (χ1v) is 4.94. The highest BCUT2D eigenvalue weighted by atomic mass is 15.4. The van der Waals surface area contributed by atoms with E-state index in [2.05, 4.69) is 24.2 Å². The average molecular weight is 202 g/mol. The van der Waals surface area contributed by atoms with Crippen LogP contribution in [0.25, 0.3) is 11.3 Å². The number of hydrogen-bond donors (Lipinski definition) is 1. The molecule has 78 valence electrons. The van der Waals surface area contributed by atoms with Crippen molar-refractivity contribution in [2.45, 2.75) is 19.9 Å². The summed E-state index contributed by atoms with van der Waals surface area (Å²) in [6.45, 7) is 4.14. The zero-order valence-corrected chi connectivity index (χ0v) is 8.88. The predicted octanol–water partition coefficient (Wildman–Crippen LogP) is 2.11. The minimum atomic E-state index is 0.333. The summed E-state index contributed by atoms with van der Waals surface area (Å²) in [7, 11) is 0. The van der Waals surface area contributed by atoms with Gasteiger partial charge in [-0.15, -0.1) is 5.10 Å². The Bertz CT molecular complexity index is 442. The molecule has 0 saturated carbocycles. The summed E-state index contributed by atoms with van der Waals surface area (Å²) >= 11 is 0. The Morgan fingerprint density at radius 3 is 2.40 bits per heavy atom. The SMILES string of the molecule is CC(C)n1cc(-c2ccc(N)cc2)nn1. The topological polar surface area (TPSA) is 56.7 Å². The first-order chi connectivity index (χ1) is 7.16. The molecular formula is C11H14N4. The zero-order valence-electron chi connectivity index (χ0n) is 8.88. The van der Waals surface area contributed by atoms with E-state index >= 15 is 0 Å². The van der Waals surface area contributed by atoms with Crippen LogP contribution >= 0.6 is 0 Å². The summed E-state index contributed by atoms with van der Waals surface area (Å²) in [4.78, 5) is 0. The largest absolute Gasteiger partial charge is 0.399 e. The first-order valence-electron chi connectivity index (χ1n) is 4.94. The van der Waals surface area contributed by atoms with Crippen molar-refractivity contribution in [3.05, 3.63) is 30.5 Å². The fourth-order valence-electron chi connectivity index (χ4n) is 1.32. The molecule has 1 aromatic heterocycles. The highest BCUT2D eigenvalue weighted by molar-refractivity contribution is 5.60. The molecular weight excluding hydrogens is 188 g/mol. The maximum absolute atomic E-state index is 5.62. The van der Waals surface area contributed by atoms with Crippen LogP contribution in [0.4, 0.5) is 5.69 Å². The number of hydrogen-bond acceptors (Lipinski definition) is 3. The second kappa shape index (κ2) is 3.73. The number of nitrogens with two attached hydrogens (primary N) is 1. The normalized spacial score (nSPS) is 10.9. The fraction of sp³-hybridized carbons (Fsp3) is 0.273. The zero-order chi connectivity index (χ0) is 10.8. The van der Waals surface area contributed by atoms with Crippen molar-refractivity contribution in [3.8, 4) is 11.3 Å². The third-order valence-electron chi connectivity index (χ3n) is 2.25. The van der Waals surface area contributed by atoms with Gasteiger partial charge in [0.05, 0.1) is 6.20 Å². The van der Waals surface area contributed by atoms with Gasteiger partial charge in [0.2, 0.25) is 0 Å². The van der Waals surface area contributed by atoms with Crippen molar-refractivity contribution in [3.63, 3.8) is 0 Å². The Hall–Kier alpha value is -1.84. The van der Waals surface area contributed by atoms with Gasteiger partial charge in [-0.2, -0.15) is 0 Å². The molecule has 0 aliphatic heterocycles. The second-order valence-corrected chi connectivity index (χ2v) is 3.80. The van der Waals surface area contributed by atoms with Gasteiger partial charge in [0.15, 0.2) is 0 Å². The van der Waals surface area contributed by atoms with E-state index in [9.17, 15) is 0 Å². The van der Waals surface area contributed by atoms with E-state index in [1.165, 1.54) is 0 Å². The molecule has 0 bridgehead atoms. The van der Waals surface area contributed by atoms with Gasteiger partial charge in [-0.3, -0.25) is 0 Å². The minimum Gasteiger partial charge on any atom is -0.399 e. The number of nitrogens with zero attached hydrogens (tertiary/aromatic N) is 3. The number of nitrogen functional groups attached to an aromatic ring is 1. The number of aromatic nitrogens is 3. The van der Waals surface area contributed by atoms with Gasteiger partial charge in [-0.25, -0.2) is 4.68 Å². The summed E-state index contributed by atoms with van der Waals surface area (Å²) in [5.74, 6) is 0. The van der Waals surface area contributed by atoms with Gasteiger partial charge in [-0.05, 0) is 26.0 Å². The molecule has 0 unspecified atom stereocenters. The Kier molecular flexibility index (Phi) is 2.41. The summed E-state index contributed by atoms with van der Waals surface area (Å²) in [5, 5.41) is 8.16. The molecule has 15 heavy (non-hydrogen) atoms. The summed E-state index contributed by atoms with van der Waals surface area (Å²) in [5.41, 5.74) is 8.29. The lowest BCUT2D eigenvalue weighted by Crippen LogP contribution is -2.00. The van der Waals surface area contributed by atoms with Crippen molar-refractivity contribution in [1.82, 2.24) is 15.0 Å². The van der Waals surface area contributed by atoms with Gasteiger partial charge >= 0.3 is 0 Å². The van der Waals surface area contributed by atoms with Crippen LogP contribution in [0.5, 0.6) is 0 Å². The Labute approximate surface area is 88.7 Å². The second-order valence-electron chi connectivity index (χ2n) is 3.80. The van der Waals surface area contributed by atoms with Crippen molar-refractivity contribution in [1.29, 1.82) is 0 Å². The Morgan fingerprint density at radius 2 is 1.87 bits per heavy atom. The fourth-order valence-corrected chi connectivity index (χ4v) is 1.32.